The predicted molar refractivity (Wildman–Crippen MR) is 173 cm³/mol. The first-order valence-corrected chi connectivity index (χ1v) is 15.9. The number of halogens is 4. The van der Waals surface area contributed by atoms with Gasteiger partial charge in [-0.05, 0) is 42.5 Å². The zero-order valence-electron chi connectivity index (χ0n) is 25.4. The largest absolute Gasteiger partial charge is 0.461 e. The molecular formula is C34H31ClF3N7O2. The number of fused-ring (bicyclic) bond motifs is 3. The van der Waals surface area contributed by atoms with Gasteiger partial charge in [-0.15, -0.1) is 0 Å². The number of benzene rings is 2. The maximum absolute atomic E-state index is 14.6. The Morgan fingerprint density at radius 1 is 1.19 bits per heavy atom. The fourth-order valence-corrected chi connectivity index (χ4v) is 7.62. The van der Waals surface area contributed by atoms with Gasteiger partial charge in [-0.1, -0.05) is 42.4 Å². The lowest BCUT2D eigenvalue weighted by atomic mass is 9.95. The highest BCUT2D eigenvalue weighted by atomic mass is 35.5. The van der Waals surface area contributed by atoms with Crippen LogP contribution in [0.3, 0.4) is 0 Å². The van der Waals surface area contributed by atoms with Crippen LogP contribution >= 0.6 is 11.6 Å². The zero-order chi connectivity index (χ0) is 32.9. The summed E-state index contributed by atoms with van der Waals surface area (Å²) in [5.41, 5.74) is 1.77. The molecule has 0 N–H and O–H groups in total. The molecule has 1 amide bonds. The van der Waals surface area contributed by atoms with Crippen LogP contribution in [0.2, 0.25) is 5.02 Å². The van der Waals surface area contributed by atoms with Crippen LogP contribution in [0.15, 0.2) is 55.0 Å². The summed E-state index contributed by atoms with van der Waals surface area (Å²) in [5.74, 6) is -2.03. The van der Waals surface area contributed by atoms with E-state index in [4.69, 9.17) is 37.9 Å². The lowest BCUT2D eigenvalue weighted by Crippen LogP contribution is -2.56. The SMILES string of the molecule is [C-]#[N+]C[C@H]1CN(c2nc(OCC34CCCN3C[C@H](F)C4)nc3cc(-c4cccc5ccc(F)c(Cl)c45)cnc23)CCN1C(=O)C(=C)F. The van der Waals surface area contributed by atoms with Gasteiger partial charge in [0.15, 0.2) is 11.6 Å². The van der Waals surface area contributed by atoms with E-state index in [0.29, 0.717) is 46.3 Å². The number of hydrogen-bond acceptors (Lipinski definition) is 7. The molecule has 2 aromatic carbocycles. The third-order valence-corrected chi connectivity index (χ3v) is 9.92. The number of ether oxygens (including phenoxy) is 1. The summed E-state index contributed by atoms with van der Waals surface area (Å²) < 4.78 is 49.2. The highest BCUT2D eigenvalue weighted by molar-refractivity contribution is 6.36. The molecule has 7 rings (SSSR count). The molecule has 0 aliphatic carbocycles. The molecule has 3 atom stereocenters. The maximum atomic E-state index is 14.6. The maximum Gasteiger partial charge on any atom is 0.319 e. The van der Waals surface area contributed by atoms with Crippen molar-refractivity contribution in [1.82, 2.24) is 24.8 Å². The van der Waals surface area contributed by atoms with Gasteiger partial charge in [0.05, 0.1) is 16.1 Å². The summed E-state index contributed by atoms with van der Waals surface area (Å²) >= 11 is 6.45. The zero-order valence-corrected chi connectivity index (χ0v) is 26.2. The second-order valence-electron chi connectivity index (χ2n) is 12.4. The number of amides is 1. The molecule has 5 heterocycles. The van der Waals surface area contributed by atoms with Crippen molar-refractivity contribution in [2.24, 2.45) is 0 Å². The Bertz CT molecular complexity index is 1950. The van der Waals surface area contributed by atoms with Crippen LogP contribution in [0.25, 0.3) is 37.8 Å². The standard InChI is InChI=1S/C34H31ClF3N7O2/c1-20(36)32(46)45-12-11-43(18-24(45)16-39-2)31-30-27(41-33(42-31)47-19-34-9-4-10-44(34)17-23(37)14-34)13-22(15-40-30)25-6-3-5-21-7-8-26(38)29(35)28(21)25/h3,5-8,13,15,23-24H,1,4,9-12,14,16-19H2/t23-,24+,34?/m1/s1. The van der Waals surface area contributed by atoms with Crippen molar-refractivity contribution in [1.29, 1.82) is 0 Å². The summed E-state index contributed by atoms with van der Waals surface area (Å²) in [7, 11) is 0. The Morgan fingerprint density at radius 2 is 2.04 bits per heavy atom. The van der Waals surface area contributed by atoms with E-state index in [1.54, 1.807) is 12.3 Å². The lowest BCUT2D eigenvalue weighted by molar-refractivity contribution is -0.131. The number of nitrogens with zero attached hydrogens (tertiary/aromatic N) is 7. The van der Waals surface area contributed by atoms with E-state index in [2.05, 4.69) is 16.3 Å². The van der Waals surface area contributed by atoms with Crippen molar-refractivity contribution < 1.29 is 22.7 Å². The number of carbonyl (C=O) groups is 1. The van der Waals surface area contributed by atoms with Crippen LogP contribution in [0.4, 0.5) is 19.0 Å². The number of anilines is 1. The smallest absolute Gasteiger partial charge is 0.319 e. The van der Waals surface area contributed by atoms with Crippen LogP contribution in [-0.2, 0) is 4.79 Å². The molecule has 4 aromatic rings. The van der Waals surface area contributed by atoms with Crippen LogP contribution in [-0.4, -0.2) is 94.3 Å². The van der Waals surface area contributed by atoms with Crippen molar-refractivity contribution in [2.45, 2.75) is 37.0 Å². The fraction of sp³-hybridized carbons (Fsp3) is 0.382. The summed E-state index contributed by atoms with van der Waals surface area (Å²) in [5, 5.41) is 1.31. The first kappa shape index (κ1) is 31.1. The molecule has 9 nitrogen and oxygen atoms in total. The first-order valence-electron chi connectivity index (χ1n) is 15.5. The molecule has 0 spiro atoms. The third kappa shape index (κ3) is 5.61. The summed E-state index contributed by atoms with van der Waals surface area (Å²) in [6.45, 7) is 12.6. The van der Waals surface area contributed by atoms with Gasteiger partial charge in [0, 0.05) is 49.7 Å². The topological polar surface area (TPSA) is 79.1 Å². The van der Waals surface area contributed by atoms with E-state index in [1.165, 1.54) is 11.0 Å². The highest BCUT2D eigenvalue weighted by Gasteiger charge is 2.49. The predicted octanol–water partition coefficient (Wildman–Crippen LogP) is 6.01. The van der Waals surface area contributed by atoms with Crippen molar-refractivity contribution in [3.8, 4) is 17.1 Å². The van der Waals surface area contributed by atoms with Crippen LogP contribution in [0.5, 0.6) is 6.01 Å². The Labute approximate surface area is 274 Å². The Kier molecular flexibility index (Phi) is 8.14. The Hall–Kier alpha value is -4.47. The molecule has 0 radical (unpaired) electrons. The third-order valence-electron chi connectivity index (χ3n) is 9.55. The minimum atomic E-state index is -1.08. The molecule has 3 aliphatic rings. The molecule has 242 valence electrons. The average Bonchev–Trinajstić information content (AvgIpc) is 3.60. The van der Waals surface area contributed by atoms with Crippen molar-refractivity contribution >= 4 is 45.1 Å². The number of carbonyl (C=O) groups excluding carboxylic acids is 1. The molecule has 1 unspecified atom stereocenters. The minimum Gasteiger partial charge on any atom is -0.461 e. The van der Waals surface area contributed by atoms with Gasteiger partial charge in [-0.25, -0.2) is 19.7 Å². The van der Waals surface area contributed by atoms with E-state index in [1.807, 2.05) is 29.2 Å². The van der Waals surface area contributed by atoms with Gasteiger partial charge in [0.2, 0.25) is 6.54 Å². The number of rotatable bonds is 7. The number of piperazine rings is 1. The molecule has 13 heteroatoms. The molecule has 0 bridgehead atoms. The Morgan fingerprint density at radius 3 is 2.85 bits per heavy atom. The van der Waals surface area contributed by atoms with Gasteiger partial charge in [0.1, 0.15) is 30.2 Å². The average molecular weight is 662 g/mol. The fourth-order valence-electron chi connectivity index (χ4n) is 7.34. The van der Waals surface area contributed by atoms with Gasteiger partial charge < -0.3 is 19.4 Å². The molecule has 3 fully saturated rings. The number of pyridine rings is 1. The van der Waals surface area contributed by atoms with E-state index in [-0.39, 0.29) is 43.8 Å². The van der Waals surface area contributed by atoms with Crippen LogP contribution < -0.4 is 9.64 Å². The number of alkyl halides is 1. The van der Waals surface area contributed by atoms with Crippen molar-refractivity contribution in [3.05, 3.63) is 77.3 Å². The van der Waals surface area contributed by atoms with Gasteiger partial charge in [-0.2, -0.15) is 9.97 Å². The van der Waals surface area contributed by atoms with Crippen LogP contribution in [0.1, 0.15) is 19.3 Å². The quantitative estimate of drug-likeness (QED) is 0.177. The second-order valence-corrected chi connectivity index (χ2v) is 12.8. The van der Waals surface area contributed by atoms with E-state index < -0.39 is 35.3 Å². The van der Waals surface area contributed by atoms with Gasteiger partial charge in [-0.3, -0.25) is 14.7 Å². The minimum absolute atomic E-state index is 0.00271. The number of hydrogen-bond donors (Lipinski definition) is 0. The van der Waals surface area contributed by atoms with E-state index in [9.17, 15) is 18.0 Å². The summed E-state index contributed by atoms with van der Waals surface area (Å²) in [4.78, 5) is 35.6. The molecule has 2 aromatic heterocycles. The molecule has 0 saturated carbocycles. The molecule has 47 heavy (non-hydrogen) atoms. The molecular weight excluding hydrogens is 631 g/mol. The number of aromatic nitrogens is 3. The molecule has 3 saturated heterocycles. The highest BCUT2D eigenvalue weighted by Crippen LogP contribution is 2.41. The van der Waals surface area contributed by atoms with Crippen LogP contribution in [0, 0.1) is 12.4 Å². The summed E-state index contributed by atoms with van der Waals surface area (Å²) in [6.07, 6.45) is 2.87. The van der Waals surface area contributed by atoms with Gasteiger partial charge in [0.25, 0.3) is 5.91 Å². The van der Waals surface area contributed by atoms with Crippen molar-refractivity contribution in [3.63, 3.8) is 0 Å². The van der Waals surface area contributed by atoms with Gasteiger partial charge >= 0.3 is 6.01 Å². The lowest BCUT2D eigenvalue weighted by Gasteiger charge is -2.39. The van der Waals surface area contributed by atoms with E-state index >= 15 is 0 Å². The van der Waals surface area contributed by atoms with E-state index in [0.717, 1.165) is 24.8 Å². The molecule has 3 aliphatic heterocycles. The first-order chi connectivity index (χ1) is 22.7. The summed E-state index contributed by atoms with van der Waals surface area (Å²) in [6, 6.07) is 9.81. The van der Waals surface area contributed by atoms with Crippen molar-refractivity contribution in [2.75, 3.05) is 50.8 Å². The normalized spacial score (nSPS) is 22.9. The monoisotopic (exact) mass is 661 g/mol. The Balaban J connectivity index is 1.30. The second kappa shape index (κ2) is 12.3.